The molecule has 2 aromatic carbocycles. The molecule has 0 saturated carbocycles. The molecule has 1 aliphatic rings. The van der Waals surface area contributed by atoms with Crippen LogP contribution in [-0.4, -0.2) is 29.9 Å². The molecule has 132 valence electrons. The van der Waals surface area contributed by atoms with E-state index in [1.165, 1.54) is 12.0 Å². The van der Waals surface area contributed by atoms with Gasteiger partial charge in [0.1, 0.15) is 0 Å². The number of nitrogens with zero attached hydrogens (tertiary/aromatic N) is 1. The van der Waals surface area contributed by atoms with Crippen molar-refractivity contribution in [2.45, 2.75) is 38.3 Å². The van der Waals surface area contributed by atoms with E-state index >= 15 is 0 Å². The second kappa shape index (κ2) is 8.67. The summed E-state index contributed by atoms with van der Waals surface area (Å²) in [5.74, 6) is 0.106. The fourth-order valence-electron chi connectivity index (χ4n) is 3.48. The zero-order valence-electron chi connectivity index (χ0n) is 14.7. The van der Waals surface area contributed by atoms with E-state index in [2.05, 4.69) is 34.5 Å². The van der Waals surface area contributed by atoms with Gasteiger partial charge in [-0.1, -0.05) is 48.5 Å². The molecular weight excluding hydrogens is 310 g/mol. The lowest BCUT2D eigenvalue weighted by atomic mass is 10.1. The van der Waals surface area contributed by atoms with E-state index in [0.29, 0.717) is 18.9 Å². The van der Waals surface area contributed by atoms with Gasteiger partial charge in [-0.25, -0.2) is 0 Å². The maximum Gasteiger partial charge on any atom is 0.220 e. The zero-order valence-corrected chi connectivity index (χ0v) is 14.7. The first-order valence-electron chi connectivity index (χ1n) is 9.10. The Bertz CT molecular complexity index is 687. The minimum absolute atomic E-state index is 0.106. The van der Waals surface area contributed by atoms with Crippen LogP contribution in [0.4, 0.5) is 5.69 Å². The highest BCUT2D eigenvalue weighted by molar-refractivity contribution is 5.76. The van der Waals surface area contributed by atoms with Gasteiger partial charge in [0.25, 0.3) is 0 Å². The largest absolute Gasteiger partial charge is 0.399 e. The third-order valence-electron chi connectivity index (χ3n) is 4.94. The number of aryl methyl sites for hydroxylation is 1. The summed E-state index contributed by atoms with van der Waals surface area (Å²) in [7, 11) is 0. The lowest BCUT2D eigenvalue weighted by Gasteiger charge is -2.24. The first-order valence-corrected chi connectivity index (χ1v) is 9.10. The van der Waals surface area contributed by atoms with Crippen molar-refractivity contribution in [2.75, 3.05) is 18.8 Å². The van der Waals surface area contributed by atoms with Crippen LogP contribution in [0.1, 0.15) is 30.4 Å². The summed E-state index contributed by atoms with van der Waals surface area (Å²) >= 11 is 0. The standard InChI is InChI=1S/C21H27N3O/c22-20-11-5-4-9-18(20)12-13-21(25)23-15-19-10-6-14-24(19)16-17-7-2-1-3-8-17/h1-5,7-9,11,19H,6,10,12-16,22H2,(H,23,25). The SMILES string of the molecule is Nc1ccccc1CCC(=O)NCC1CCCN1Cc1ccccc1. The number of hydrogen-bond acceptors (Lipinski definition) is 3. The fourth-order valence-corrected chi connectivity index (χ4v) is 3.48. The van der Waals surface area contributed by atoms with Crippen LogP contribution in [-0.2, 0) is 17.8 Å². The molecule has 1 heterocycles. The lowest BCUT2D eigenvalue weighted by Crippen LogP contribution is -2.39. The molecule has 1 unspecified atom stereocenters. The number of carbonyl (C=O) groups is 1. The maximum absolute atomic E-state index is 12.2. The highest BCUT2D eigenvalue weighted by Gasteiger charge is 2.24. The molecule has 1 aliphatic heterocycles. The van der Waals surface area contributed by atoms with Crippen molar-refractivity contribution in [1.82, 2.24) is 10.2 Å². The zero-order chi connectivity index (χ0) is 17.5. The van der Waals surface area contributed by atoms with Gasteiger partial charge in [0.05, 0.1) is 0 Å². The van der Waals surface area contributed by atoms with Gasteiger partial charge < -0.3 is 11.1 Å². The molecule has 1 atom stereocenters. The monoisotopic (exact) mass is 337 g/mol. The predicted molar refractivity (Wildman–Crippen MR) is 102 cm³/mol. The van der Waals surface area contributed by atoms with E-state index in [9.17, 15) is 4.79 Å². The predicted octanol–water partition coefficient (Wildman–Crippen LogP) is 2.98. The summed E-state index contributed by atoms with van der Waals surface area (Å²) in [4.78, 5) is 14.7. The Labute approximate surface area is 150 Å². The average Bonchev–Trinajstić information content (AvgIpc) is 3.07. The van der Waals surface area contributed by atoms with E-state index < -0.39 is 0 Å². The number of nitrogens with one attached hydrogen (secondary N) is 1. The van der Waals surface area contributed by atoms with E-state index in [-0.39, 0.29) is 5.91 Å². The molecule has 25 heavy (non-hydrogen) atoms. The molecule has 0 spiro atoms. The number of para-hydroxylation sites is 1. The van der Waals surface area contributed by atoms with Crippen molar-refractivity contribution >= 4 is 11.6 Å². The van der Waals surface area contributed by atoms with Crippen molar-refractivity contribution < 1.29 is 4.79 Å². The molecule has 3 rings (SSSR count). The Morgan fingerprint density at radius 1 is 1.12 bits per heavy atom. The lowest BCUT2D eigenvalue weighted by molar-refractivity contribution is -0.121. The van der Waals surface area contributed by atoms with Crippen LogP contribution >= 0.6 is 0 Å². The number of nitrogens with two attached hydrogens (primary N) is 1. The molecule has 3 N–H and O–H groups in total. The van der Waals surface area contributed by atoms with Crippen molar-refractivity contribution in [3.05, 3.63) is 65.7 Å². The molecule has 0 radical (unpaired) electrons. The van der Waals surface area contributed by atoms with E-state index in [4.69, 9.17) is 5.73 Å². The van der Waals surface area contributed by atoms with Crippen molar-refractivity contribution in [1.29, 1.82) is 0 Å². The number of hydrogen-bond donors (Lipinski definition) is 2. The van der Waals surface area contributed by atoms with Crippen molar-refractivity contribution in [3.63, 3.8) is 0 Å². The second-order valence-electron chi connectivity index (χ2n) is 6.76. The van der Waals surface area contributed by atoms with Gasteiger partial charge in [-0.3, -0.25) is 9.69 Å². The minimum atomic E-state index is 0.106. The van der Waals surface area contributed by atoms with Gasteiger partial charge in [-0.15, -0.1) is 0 Å². The summed E-state index contributed by atoms with van der Waals surface area (Å²) in [6.45, 7) is 2.80. The van der Waals surface area contributed by atoms with Crippen molar-refractivity contribution in [2.24, 2.45) is 0 Å². The Balaban J connectivity index is 1.44. The van der Waals surface area contributed by atoms with Crippen molar-refractivity contribution in [3.8, 4) is 0 Å². The van der Waals surface area contributed by atoms with Crippen LogP contribution in [0.3, 0.4) is 0 Å². The number of nitrogen functional groups attached to an aromatic ring is 1. The Kier molecular flexibility index (Phi) is 6.07. The highest BCUT2D eigenvalue weighted by atomic mass is 16.1. The molecular formula is C21H27N3O. The summed E-state index contributed by atoms with van der Waals surface area (Å²) < 4.78 is 0. The number of carbonyl (C=O) groups excluding carboxylic acids is 1. The molecule has 4 nitrogen and oxygen atoms in total. The molecule has 1 saturated heterocycles. The molecule has 4 heteroatoms. The quantitative estimate of drug-likeness (QED) is 0.764. The van der Waals surface area contributed by atoms with Crippen LogP contribution in [0, 0.1) is 0 Å². The summed E-state index contributed by atoms with van der Waals surface area (Å²) in [5, 5.41) is 3.11. The molecule has 0 aliphatic carbocycles. The van der Waals surface area contributed by atoms with Gasteiger partial charge in [0.15, 0.2) is 0 Å². The van der Waals surface area contributed by atoms with E-state index in [1.54, 1.807) is 0 Å². The first kappa shape index (κ1) is 17.5. The van der Waals surface area contributed by atoms with Crippen LogP contribution in [0.25, 0.3) is 0 Å². The summed E-state index contributed by atoms with van der Waals surface area (Å²) in [6.07, 6.45) is 3.53. The van der Waals surface area contributed by atoms with Crippen LogP contribution in [0.15, 0.2) is 54.6 Å². The van der Waals surface area contributed by atoms with Gasteiger partial charge >= 0.3 is 0 Å². The molecule has 1 amide bonds. The summed E-state index contributed by atoms with van der Waals surface area (Å²) in [6, 6.07) is 18.7. The number of anilines is 1. The minimum Gasteiger partial charge on any atom is -0.399 e. The fraction of sp³-hybridized carbons (Fsp3) is 0.381. The Morgan fingerprint density at radius 2 is 1.88 bits per heavy atom. The average molecular weight is 337 g/mol. The van der Waals surface area contributed by atoms with E-state index in [0.717, 1.165) is 37.3 Å². The Morgan fingerprint density at radius 3 is 2.68 bits per heavy atom. The number of amides is 1. The van der Waals surface area contributed by atoms with Gasteiger partial charge in [-0.05, 0) is 43.0 Å². The molecule has 2 aromatic rings. The third-order valence-corrected chi connectivity index (χ3v) is 4.94. The smallest absolute Gasteiger partial charge is 0.220 e. The molecule has 1 fully saturated rings. The molecule has 0 aromatic heterocycles. The number of rotatable bonds is 7. The Hall–Kier alpha value is -2.33. The van der Waals surface area contributed by atoms with Gasteiger partial charge in [-0.2, -0.15) is 0 Å². The molecule has 0 bridgehead atoms. The third kappa shape index (κ3) is 5.07. The van der Waals surface area contributed by atoms with E-state index in [1.807, 2.05) is 30.3 Å². The van der Waals surface area contributed by atoms with Crippen LogP contribution in [0.2, 0.25) is 0 Å². The maximum atomic E-state index is 12.2. The van der Waals surface area contributed by atoms with Gasteiger partial charge in [0.2, 0.25) is 5.91 Å². The van der Waals surface area contributed by atoms with Crippen LogP contribution < -0.4 is 11.1 Å². The normalized spacial score (nSPS) is 17.5. The number of likely N-dealkylation sites (tertiary alicyclic amines) is 1. The van der Waals surface area contributed by atoms with Crippen LogP contribution in [0.5, 0.6) is 0 Å². The van der Waals surface area contributed by atoms with Gasteiger partial charge in [0, 0.05) is 31.2 Å². The number of benzene rings is 2. The topological polar surface area (TPSA) is 58.4 Å². The first-order chi connectivity index (χ1) is 12.2. The highest BCUT2D eigenvalue weighted by Crippen LogP contribution is 2.19. The second-order valence-corrected chi connectivity index (χ2v) is 6.76. The summed E-state index contributed by atoms with van der Waals surface area (Å²) in [5.41, 5.74) is 9.08.